The zero-order chi connectivity index (χ0) is 13.0. The molecule has 0 fully saturated rings. The van der Waals surface area contributed by atoms with Gasteiger partial charge in [0.1, 0.15) is 11.1 Å². The van der Waals surface area contributed by atoms with Crippen molar-refractivity contribution < 1.29 is 19.1 Å². The first-order chi connectivity index (χ1) is 7.08. The van der Waals surface area contributed by atoms with E-state index in [1.54, 1.807) is 41.5 Å². The summed E-state index contributed by atoms with van der Waals surface area (Å²) in [5.41, 5.74) is -1.68. The van der Waals surface area contributed by atoms with Crippen molar-refractivity contribution in [2.75, 3.05) is 6.61 Å². The summed E-state index contributed by atoms with van der Waals surface area (Å²) in [7, 11) is 0. The van der Waals surface area contributed by atoms with Crippen molar-refractivity contribution in [1.82, 2.24) is 5.32 Å². The molecule has 0 unspecified atom stereocenters. The van der Waals surface area contributed by atoms with E-state index in [4.69, 9.17) is 9.47 Å². The van der Waals surface area contributed by atoms with Gasteiger partial charge >= 0.3 is 12.1 Å². The molecule has 0 aromatic rings. The van der Waals surface area contributed by atoms with Crippen molar-refractivity contribution in [2.45, 2.75) is 52.7 Å². The summed E-state index contributed by atoms with van der Waals surface area (Å²) in [5.74, 6) is -0.493. The van der Waals surface area contributed by atoms with Crippen LogP contribution in [0.4, 0.5) is 4.79 Å². The van der Waals surface area contributed by atoms with Gasteiger partial charge in [-0.05, 0) is 41.5 Å². The number of carbonyl (C=O) groups excluding carboxylic acids is 2. The number of esters is 1. The Bertz CT molecular complexity index is 266. The van der Waals surface area contributed by atoms with Crippen LogP contribution in [0.5, 0.6) is 0 Å². The van der Waals surface area contributed by atoms with Crippen molar-refractivity contribution in [3.05, 3.63) is 0 Å². The molecule has 16 heavy (non-hydrogen) atoms. The molecule has 0 aromatic carbocycles. The van der Waals surface area contributed by atoms with Crippen molar-refractivity contribution in [3.8, 4) is 0 Å². The van der Waals surface area contributed by atoms with Crippen LogP contribution in [0.1, 0.15) is 41.5 Å². The van der Waals surface area contributed by atoms with Gasteiger partial charge in [0.05, 0.1) is 6.61 Å². The summed E-state index contributed by atoms with van der Waals surface area (Å²) in [4.78, 5) is 22.9. The fourth-order valence-corrected chi connectivity index (χ4v) is 0.879. The van der Waals surface area contributed by atoms with Crippen LogP contribution >= 0.6 is 0 Å². The highest BCUT2D eigenvalue weighted by atomic mass is 16.6. The molecule has 1 N–H and O–H groups in total. The Labute approximate surface area is 96.5 Å². The van der Waals surface area contributed by atoms with E-state index in [0.717, 1.165) is 0 Å². The summed E-state index contributed by atoms with van der Waals surface area (Å²) in [6.07, 6.45) is -0.627. The van der Waals surface area contributed by atoms with E-state index in [9.17, 15) is 9.59 Å². The van der Waals surface area contributed by atoms with Gasteiger partial charge in [0.15, 0.2) is 0 Å². The molecule has 0 aliphatic carbocycles. The van der Waals surface area contributed by atoms with Crippen molar-refractivity contribution in [3.63, 3.8) is 0 Å². The highest BCUT2D eigenvalue weighted by Gasteiger charge is 2.34. The van der Waals surface area contributed by atoms with E-state index in [1.807, 2.05) is 0 Å². The van der Waals surface area contributed by atoms with E-state index in [2.05, 4.69) is 5.32 Å². The minimum Gasteiger partial charge on any atom is -0.458 e. The topological polar surface area (TPSA) is 64.6 Å². The minimum atomic E-state index is -1.10. The van der Waals surface area contributed by atoms with Crippen LogP contribution in [-0.4, -0.2) is 29.8 Å². The molecular formula is C11H21NO4. The highest BCUT2D eigenvalue weighted by Crippen LogP contribution is 2.14. The van der Waals surface area contributed by atoms with Gasteiger partial charge in [-0.1, -0.05) is 0 Å². The molecule has 0 saturated heterocycles. The number of hydrogen-bond acceptors (Lipinski definition) is 4. The van der Waals surface area contributed by atoms with Gasteiger partial charge in [-0.15, -0.1) is 0 Å². The summed E-state index contributed by atoms with van der Waals surface area (Å²) >= 11 is 0. The van der Waals surface area contributed by atoms with Crippen LogP contribution in [0, 0.1) is 0 Å². The predicted molar refractivity (Wildman–Crippen MR) is 60.1 cm³/mol. The number of nitrogens with one attached hydrogen (secondary N) is 1. The molecule has 0 spiro atoms. The van der Waals surface area contributed by atoms with Gasteiger partial charge in [-0.25, -0.2) is 9.59 Å². The van der Waals surface area contributed by atoms with Gasteiger partial charge in [0.25, 0.3) is 0 Å². The first-order valence-corrected chi connectivity index (χ1v) is 5.27. The Morgan fingerprint density at radius 1 is 1.12 bits per heavy atom. The van der Waals surface area contributed by atoms with Crippen molar-refractivity contribution in [1.29, 1.82) is 0 Å². The third-order valence-corrected chi connectivity index (χ3v) is 1.60. The first kappa shape index (κ1) is 14.7. The van der Waals surface area contributed by atoms with Crippen LogP contribution < -0.4 is 5.32 Å². The normalized spacial score (nSPS) is 11.9. The SMILES string of the molecule is CCOC(=O)NC(C)(C)C(=O)OC(C)(C)C. The number of amides is 1. The van der Waals surface area contributed by atoms with Gasteiger partial charge in [0.2, 0.25) is 0 Å². The van der Waals surface area contributed by atoms with Crippen LogP contribution in [-0.2, 0) is 14.3 Å². The van der Waals surface area contributed by atoms with Crippen LogP contribution in [0.15, 0.2) is 0 Å². The van der Waals surface area contributed by atoms with E-state index in [0.29, 0.717) is 0 Å². The lowest BCUT2D eigenvalue weighted by molar-refractivity contribution is -0.161. The average Bonchev–Trinajstić information content (AvgIpc) is 1.99. The second-order valence-corrected chi connectivity index (χ2v) is 4.97. The molecule has 0 rings (SSSR count). The fraction of sp³-hybridized carbons (Fsp3) is 0.818. The lowest BCUT2D eigenvalue weighted by Crippen LogP contribution is -2.52. The molecule has 94 valence electrons. The Morgan fingerprint density at radius 2 is 1.62 bits per heavy atom. The Kier molecular flexibility index (Phi) is 4.78. The zero-order valence-corrected chi connectivity index (χ0v) is 10.8. The Hall–Kier alpha value is -1.26. The van der Waals surface area contributed by atoms with Crippen LogP contribution in [0.2, 0.25) is 0 Å². The summed E-state index contributed by atoms with van der Waals surface area (Å²) in [6, 6.07) is 0. The van der Waals surface area contributed by atoms with Crippen LogP contribution in [0.3, 0.4) is 0 Å². The van der Waals surface area contributed by atoms with E-state index >= 15 is 0 Å². The second-order valence-electron chi connectivity index (χ2n) is 4.97. The molecule has 0 aliphatic rings. The number of ether oxygens (including phenoxy) is 2. The fourth-order valence-electron chi connectivity index (χ4n) is 0.879. The summed E-state index contributed by atoms with van der Waals surface area (Å²) < 4.78 is 9.87. The molecule has 0 saturated carbocycles. The van der Waals surface area contributed by atoms with Crippen LogP contribution in [0.25, 0.3) is 0 Å². The molecular weight excluding hydrogens is 210 g/mol. The Morgan fingerprint density at radius 3 is 2.00 bits per heavy atom. The maximum absolute atomic E-state index is 11.7. The lowest BCUT2D eigenvalue weighted by atomic mass is 10.1. The molecule has 1 amide bonds. The smallest absolute Gasteiger partial charge is 0.408 e. The number of rotatable bonds is 3. The molecule has 0 radical (unpaired) electrons. The maximum atomic E-state index is 11.7. The Balaban J connectivity index is 4.42. The van der Waals surface area contributed by atoms with E-state index in [-0.39, 0.29) is 6.61 Å². The largest absolute Gasteiger partial charge is 0.458 e. The van der Waals surface area contributed by atoms with E-state index < -0.39 is 23.2 Å². The number of hydrogen-bond donors (Lipinski definition) is 1. The second kappa shape index (κ2) is 5.18. The summed E-state index contributed by atoms with van der Waals surface area (Å²) in [6.45, 7) is 10.4. The van der Waals surface area contributed by atoms with Gasteiger partial charge in [-0.2, -0.15) is 0 Å². The molecule has 0 heterocycles. The quantitative estimate of drug-likeness (QED) is 0.753. The average molecular weight is 231 g/mol. The molecule has 5 heteroatoms. The first-order valence-electron chi connectivity index (χ1n) is 5.27. The molecule has 0 aromatic heterocycles. The third kappa shape index (κ3) is 5.58. The maximum Gasteiger partial charge on any atom is 0.408 e. The molecule has 0 aliphatic heterocycles. The van der Waals surface area contributed by atoms with Gasteiger partial charge in [0, 0.05) is 0 Å². The molecule has 0 bridgehead atoms. The monoisotopic (exact) mass is 231 g/mol. The highest BCUT2D eigenvalue weighted by molar-refractivity contribution is 5.85. The zero-order valence-electron chi connectivity index (χ0n) is 10.8. The van der Waals surface area contributed by atoms with Crippen molar-refractivity contribution in [2.24, 2.45) is 0 Å². The standard InChI is InChI=1S/C11H21NO4/c1-7-15-9(14)12-11(5,6)8(13)16-10(2,3)4/h7H2,1-6H3,(H,12,14). The minimum absolute atomic E-state index is 0.260. The predicted octanol–water partition coefficient (Wildman–Crippen LogP) is 1.85. The number of carbonyl (C=O) groups is 2. The third-order valence-electron chi connectivity index (χ3n) is 1.60. The van der Waals surface area contributed by atoms with E-state index in [1.165, 1.54) is 0 Å². The molecule has 5 nitrogen and oxygen atoms in total. The summed E-state index contributed by atoms with van der Waals surface area (Å²) in [5, 5.41) is 2.44. The lowest BCUT2D eigenvalue weighted by Gasteiger charge is -2.28. The van der Waals surface area contributed by atoms with Gasteiger partial charge in [-0.3, -0.25) is 0 Å². The van der Waals surface area contributed by atoms with Crippen molar-refractivity contribution >= 4 is 12.1 Å². The van der Waals surface area contributed by atoms with Gasteiger partial charge < -0.3 is 14.8 Å². The molecule has 0 atom stereocenters. The number of alkyl carbamates (subject to hydrolysis) is 1.